The topological polar surface area (TPSA) is 101 Å². The molecule has 0 spiro atoms. The molecule has 10 heteroatoms. The third-order valence-corrected chi connectivity index (χ3v) is 5.40. The van der Waals surface area contributed by atoms with E-state index in [-0.39, 0.29) is 29.4 Å². The lowest BCUT2D eigenvalue weighted by Crippen LogP contribution is -2.41. The maximum absolute atomic E-state index is 13.2. The maximum Gasteiger partial charge on any atom is 0.277 e. The third-order valence-electron chi connectivity index (χ3n) is 3.86. The molecular weight excluding hydrogens is 412 g/mol. The highest BCUT2D eigenvalue weighted by molar-refractivity contribution is 7.89. The summed E-state index contributed by atoms with van der Waals surface area (Å²) in [5, 5.41) is 2.06. The average molecular weight is 434 g/mol. The van der Waals surface area contributed by atoms with Crippen LogP contribution in [0.25, 0.3) is 0 Å². The van der Waals surface area contributed by atoms with Crippen molar-refractivity contribution in [1.29, 1.82) is 0 Å². The van der Waals surface area contributed by atoms with Crippen LogP contribution in [0.5, 0.6) is 0 Å². The number of nitrogens with one attached hydrogen (secondary N) is 2. The van der Waals surface area contributed by atoms with Crippen molar-refractivity contribution in [2.45, 2.75) is 24.3 Å². The van der Waals surface area contributed by atoms with Gasteiger partial charge in [0.05, 0.1) is 18.0 Å². The fraction of sp³-hybridized carbons (Fsp3) is 0.278. The Balaban J connectivity index is 0.00000392. The number of benzene rings is 2. The molecule has 154 valence electrons. The Morgan fingerprint density at radius 1 is 1.14 bits per heavy atom. The fourth-order valence-electron chi connectivity index (χ4n) is 2.27. The molecule has 0 aliphatic heterocycles. The van der Waals surface area contributed by atoms with Crippen LogP contribution < -0.4 is 15.8 Å². The van der Waals surface area contributed by atoms with Gasteiger partial charge in [-0.25, -0.2) is 21.9 Å². The van der Waals surface area contributed by atoms with Crippen molar-refractivity contribution < 1.29 is 22.0 Å². The second-order valence-corrected chi connectivity index (χ2v) is 7.77. The number of hydrogen-bond acceptors (Lipinski definition) is 4. The number of carbonyl (C=O) groups excluding carboxylic acids is 1. The summed E-state index contributed by atoms with van der Waals surface area (Å²) in [6.07, 6.45) is 0. The molecule has 28 heavy (non-hydrogen) atoms. The van der Waals surface area contributed by atoms with E-state index < -0.39 is 34.9 Å². The van der Waals surface area contributed by atoms with Gasteiger partial charge in [-0.2, -0.15) is 0 Å². The minimum absolute atomic E-state index is 0. The van der Waals surface area contributed by atoms with E-state index in [4.69, 9.17) is 5.73 Å². The summed E-state index contributed by atoms with van der Waals surface area (Å²) >= 11 is 0. The number of hydrogen-bond donors (Lipinski definition) is 3. The second-order valence-electron chi connectivity index (χ2n) is 6.03. The Labute approximate surface area is 169 Å². The van der Waals surface area contributed by atoms with Crippen LogP contribution in [0.2, 0.25) is 0 Å². The molecule has 0 aliphatic rings. The predicted octanol–water partition coefficient (Wildman–Crippen LogP) is 2.22. The van der Waals surface area contributed by atoms with Crippen molar-refractivity contribution in [1.82, 2.24) is 10.0 Å². The number of rotatable bonds is 8. The molecule has 2 rings (SSSR count). The summed E-state index contributed by atoms with van der Waals surface area (Å²) in [5.74, 6) is -4.03. The molecule has 4 N–H and O–H groups in total. The van der Waals surface area contributed by atoms with E-state index in [1.807, 2.05) is 6.07 Å². The number of amides is 1. The van der Waals surface area contributed by atoms with Crippen molar-refractivity contribution in [3.8, 4) is 0 Å². The van der Waals surface area contributed by atoms with Crippen LogP contribution in [0.1, 0.15) is 21.5 Å². The van der Waals surface area contributed by atoms with E-state index in [9.17, 15) is 22.0 Å². The number of carbonyl (C=O) groups is 1. The van der Waals surface area contributed by atoms with Gasteiger partial charge in [0, 0.05) is 12.1 Å². The van der Waals surface area contributed by atoms with Gasteiger partial charge in [-0.05, 0) is 30.2 Å². The number of alkyl halides is 2. The Bertz CT molecular complexity index is 910. The van der Waals surface area contributed by atoms with Crippen LogP contribution in [0.3, 0.4) is 0 Å². The molecule has 0 saturated carbocycles. The van der Waals surface area contributed by atoms with Crippen LogP contribution in [-0.4, -0.2) is 33.3 Å². The summed E-state index contributed by atoms with van der Waals surface area (Å²) in [6, 6.07) is 12.9. The number of nitrogens with two attached hydrogens (primary N) is 1. The highest BCUT2D eigenvalue weighted by Crippen LogP contribution is 2.18. The second kappa shape index (κ2) is 9.92. The van der Waals surface area contributed by atoms with E-state index in [2.05, 4.69) is 10.0 Å². The minimum Gasteiger partial charge on any atom is -0.346 e. The molecule has 1 amide bonds. The Morgan fingerprint density at radius 2 is 1.79 bits per heavy atom. The third kappa shape index (κ3) is 6.52. The summed E-state index contributed by atoms with van der Waals surface area (Å²) in [5.41, 5.74) is 6.10. The monoisotopic (exact) mass is 433 g/mol. The van der Waals surface area contributed by atoms with Crippen LogP contribution in [0, 0.1) is 6.92 Å². The van der Waals surface area contributed by atoms with Gasteiger partial charge in [0.2, 0.25) is 10.0 Å². The van der Waals surface area contributed by atoms with Crippen LogP contribution in [0.4, 0.5) is 8.78 Å². The Kier molecular flexibility index (Phi) is 8.49. The number of aryl methyl sites for hydroxylation is 1. The van der Waals surface area contributed by atoms with Gasteiger partial charge in [0.15, 0.2) is 0 Å². The van der Waals surface area contributed by atoms with Gasteiger partial charge >= 0.3 is 0 Å². The lowest BCUT2D eigenvalue weighted by atomic mass is 10.1. The van der Waals surface area contributed by atoms with E-state index in [0.29, 0.717) is 5.56 Å². The lowest BCUT2D eigenvalue weighted by Gasteiger charge is -2.15. The molecule has 0 bridgehead atoms. The quantitative estimate of drug-likeness (QED) is 0.594. The van der Waals surface area contributed by atoms with Gasteiger partial charge in [-0.3, -0.25) is 4.79 Å². The van der Waals surface area contributed by atoms with Crippen molar-refractivity contribution in [3.63, 3.8) is 0 Å². The smallest absolute Gasteiger partial charge is 0.277 e. The van der Waals surface area contributed by atoms with E-state index in [1.54, 1.807) is 31.2 Å². The molecular formula is C18H22ClF2N3O3S. The lowest BCUT2D eigenvalue weighted by molar-refractivity contribution is 0.0118. The normalized spacial score (nSPS) is 11.6. The Hall–Kier alpha value is -2.07. The van der Waals surface area contributed by atoms with Crippen molar-refractivity contribution >= 4 is 28.3 Å². The summed E-state index contributed by atoms with van der Waals surface area (Å²) in [7, 11) is -3.89. The number of halogens is 3. The number of sulfonamides is 1. The molecule has 0 aromatic heterocycles. The molecule has 0 radical (unpaired) electrons. The molecule has 0 atom stereocenters. The molecule has 0 unspecified atom stereocenters. The molecule has 0 aliphatic carbocycles. The van der Waals surface area contributed by atoms with Gasteiger partial charge < -0.3 is 11.1 Å². The minimum atomic E-state index is -3.89. The average Bonchev–Trinajstić information content (AvgIpc) is 2.65. The molecule has 0 saturated heterocycles. The summed E-state index contributed by atoms with van der Waals surface area (Å²) < 4.78 is 54.0. The van der Waals surface area contributed by atoms with Gasteiger partial charge in [0.1, 0.15) is 0 Å². The van der Waals surface area contributed by atoms with E-state index in [1.165, 1.54) is 18.2 Å². The highest BCUT2D eigenvalue weighted by Gasteiger charge is 2.27. The summed E-state index contributed by atoms with van der Waals surface area (Å²) in [4.78, 5) is 12.0. The zero-order valence-electron chi connectivity index (χ0n) is 15.1. The Morgan fingerprint density at radius 3 is 2.39 bits per heavy atom. The molecule has 6 nitrogen and oxygen atoms in total. The van der Waals surface area contributed by atoms with Crippen molar-refractivity contribution in [3.05, 3.63) is 65.2 Å². The van der Waals surface area contributed by atoms with Crippen molar-refractivity contribution in [2.24, 2.45) is 5.73 Å². The molecule has 2 aromatic carbocycles. The fourth-order valence-corrected chi connectivity index (χ4v) is 3.55. The van der Waals surface area contributed by atoms with Crippen LogP contribution >= 0.6 is 12.4 Å². The van der Waals surface area contributed by atoms with Gasteiger partial charge in [0.25, 0.3) is 11.8 Å². The van der Waals surface area contributed by atoms with E-state index >= 15 is 0 Å². The first-order valence-corrected chi connectivity index (χ1v) is 9.63. The molecule has 0 heterocycles. The summed E-state index contributed by atoms with van der Waals surface area (Å²) in [6.45, 7) is -0.155. The SMILES string of the molecule is Cc1ccc(C(=O)NCC(F)(F)CN)cc1S(=O)(=O)NCc1ccccc1.Cl. The van der Waals surface area contributed by atoms with Gasteiger partial charge in [-0.15, -0.1) is 12.4 Å². The molecule has 0 fully saturated rings. The first-order chi connectivity index (χ1) is 12.6. The van der Waals surface area contributed by atoms with Gasteiger partial charge in [-0.1, -0.05) is 36.4 Å². The highest BCUT2D eigenvalue weighted by atomic mass is 35.5. The first-order valence-electron chi connectivity index (χ1n) is 8.15. The molecule has 2 aromatic rings. The zero-order valence-corrected chi connectivity index (χ0v) is 16.7. The maximum atomic E-state index is 13.2. The van der Waals surface area contributed by atoms with Crippen LogP contribution in [-0.2, 0) is 16.6 Å². The predicted molar refractivity (Wildman–Crippen MR) is 105 cm³/mol. The van der Waals surface area contributed by atoms with Crippen molar-refractivity contribution in [2.75, 3.05) is 13.1 Å². The standard InChI is InChI=1S/C18H21F2N3O3S.ClH/c1-13-7-8-15(17(24)22-12-18(19,20)11-21)9-16(13)27(25,26)23-10-14-5-3-2-4-6-14;/h2-9,23H,10-12,21H2,1H3,(H,22,24);1H. The first kappa shape index (κ1) is 24.0. The zero-order chi connectivity index (χ0) is 20.1. The van der Waals surface area contributed by atoms with Crippen LogP contribution in [0.15, 0.2) is 53.4 Å². The largest absolute Gasteiger partial charge is 0.346 e. The van der Waals surface area contributed by atoms with E-state index in [0.717, 1.165) is 5.56 Å².